The molecule has 0 aromatic carbocycles. The fourth-order valence-corrected chi connectivity index (χ4v) is 13.0. The minimum absolute atomic E-state index is 0.250. The molecule has 3 rings (SSSR count). The monoisotopic (exact) mass is 1470 g/mol. The van der Waals surface area contributed by atoms with E-state index in [-0.39, 0.29) is 18.9 Å². The number of aliphatic hydroxyl groups is 11. The number of aliphatic hydroxyl groups excluding tert-OH is 11. The average molecular weight is 1470 g/mol. The van der Waals surface area contributed by atoms with Crippen molar-refractivity contribution in [2.24, 2.45) is 0 Å². The molecule has 0 bridgehead atoms. The Morgan fingerprint density at radius 3 is 1.04 bits per heavy atom. The highest BCUT2D eigenvalue weighted by atomic mass is 16.8. The highest BCUT2D eigenvalue weighted by Gasteiger charge is 2.54. The van der Waals surface area contributed by atoms with Crippen molar-refractivity contribution in [1.82, 2.24) is 5.32 Å². The van der Waals surface area contributed by atoms with Gasteiger partial charge in [-0.15, -0.1) is 0 Å². The van der Waals surface area contributed by atoms with Crippen LogP contribution in [-0.4, -0.2) is 193 Å². The van der Waals surface area contributed by atoms with Gasteiger partial charge >= 0.3 is 0 Å². The van der Waals surface area contributed by atoms with E-state index in [2.05, 4.69) is 141 Å². The van der Waals surface area contributed by atoms with Crippen LogP contribution < -0.4 is 5.32 Å². The third-order valence-electron chi connectivity index (χ3n) is 19.6. The summed E-state index contributed by atoms with van der Waals surface area (Å²) in [5.74, 6) is -0.254. The van der Waals surface area contributed by atoms with Gasteiger partial charge in [0.25, 0.3) is 0 Å². The first-order valence-corrected chi connectivity index (χ1v) is 40.8. The van der Waals surface area contributed by atoms with Gasteiger partial charge in [0.05, 0.1) is 38.6 Å². The molecule has 19 nitrogen and oxygen atoms in total. The lowest BCUT2D eigenvalue weighted by Crippen LogP contribution is -2.66. The van der Waals surface area contributed by atoms with Crippen molar-refractivity contribution in [3.63, 3.8) is 0 Å². The topological polar surface area (TPSA) is 307 Å². The number of carbonyl (C=O) groups excluding carboxylic acids is 1. The highest BCUT2D eigenvalue weighted by molar-refractivity contribution is 5.76. The van der Waals surface area contributed by atoms with Crippen LogP contribution in [0.1, 0.15) is 277 Å². The van der Waals surface area contributed by atoms with Gasteiger partial charge < -0.3 is 89.9 Å². The fraction of sp³-hybridized carbons (Fsp3) is 0.753. The third kappa shape index (κ3) is 43.4. The maximum atomic E-state index is 13.5. The van der Waals surface area contributed by atoms with Crippen molar-refractivity contribution < 1.29 is 89.4 Å². The van der Waals surface area contributed by atoms with Crippen molar-refractivity contribution in [3.05, 3.63) is 122 Å². The standard InChI is InChI=1S/C85H145NO18/c1-3-5-7-9-11-13-15-17-19-21-23-25-26-27-28-29-30-31-32-33-34-35-36-37-38-39-40-41-42-43-45-47-49-51-53-55-57-59-61-63-73(91)86-68(69(90)62-60-58-56-54-52-50-48-46-44-24-22-20-18-16-14-12-10-8-6-4-2)67-99-83-79(97)76(94)81(71(65-88)101-83)104-85-80(98)77(95)82(72(66-89)102-85)103-84-78(96)75(93)74(92)70(64-87)100-84/h5,7,11,13,17,19,23,25,27-28,30-31,33-34,36-37,39-40,42-43,68-72,74-85,87-90,92-98H,3-4,6,8-10,12,14-16,18,20-22,24,26,29,32,35,38,41,44-67H2,1-2H3,(H,86,91)/b7-5-,13-11-,19-17-,25-23-,28-27-,31-30-,34-33-,37-36-,40-39-,43-42-. The van der Waals surface area contributed by atoms with Crippen LogP contribution in [0, 0.1) is 0 Å². The molecule has 1 amide bonds. The van der Waals surface area contributed by atoms with E-state index >= 15 is 0 Å². The first-order chi connectivity index (χ1) is 50.8. The summed E-state index contributed by atoms with van der Waals surface area (Å²) < 4.78 is 34.5. The second kappa shape index (κ2) is 64.1. The summed E-state index contributed by atoms with van der Waals surface area (Å²) in [7, 11) is 0. The Hall–Kier alpha value is -3.81. The summed E-state index contributed by atoms with van der Waals surface area (Å²) in [6.07, 6.45) is 62.7. The zero-order valence-corrected chi connectivity index (χ0v) is 64.0. The van der Waals surface area contributed by atoms with Gasteiger partial charge in [-0.2, -0.15) is 0 Å². The molecule has 3 aliphatic rings. The molecular weight excluding hydrogens is 1320 g/mol. The second-order valence-electron chi connectivity index (χ2n) is 28.5. The van der Waals surface area contributed by atoms with Gasteiger partial charge in [0.15, 0.2) is 18.9 Å². The van der Waals surface area contributed by atoms with E-state index in [1.807, 2.05) is 0 Å². The van der Waals surface area contributed by atoms with E-state index < -0.39 is 124 Å². The molecule has 0 aromatic heterocycles. The lowest BCUT2D eigenvalue weighted by atomic mass is 9.96. The number of hydrogen-bond acceptors (Lipinski definition) is 18. The molecule has 0 aromatic rings. The molecule has 17 atom stereocenters. The largest absolute Gasteiger partial charge is 0.394 e. The maximum Gasteiger partial charge on any atom is 0.220 e. The van der Waals surface area contributed by atoms with Gasteiger partial charge in [-0.3, -0.25) is 4.79 Å². The molecule has 0 saturated carbocycles. The van der Waals surface area contributed by atoms with Gasteiger partial charge in [-0.25, -0.2) is 0 Å². The van der Waals surface area contributed by atoms with E-state index in [9.17, 15) is 61.0 Å². The Balaban J connectivity index is 1.35. The number of ether oxygens (including phenoxy) is 6. The van der Waals surface area contributed by atoms with Crippen LogP contribution >= 0.6 is 0 Å². The van der Waals surface area contributed by atoms with E-state index in [1.54, 1.807) is 0 Å². The number of carbonyl (C=O) groups is 1. The van der Waals surface area contributed by atoms with Crippen LogP contribution in [-0.2, 0) is 33.2 Å². The van der Waals surface area contributed by atoms with Gasteiger partial charge in [-0.1, -0.05) is 302 Å². The van der Waals surface area contributed by atoms with E-state index in [4.69, 9.17) is 28.4 Å². The Kier molecular flexibility index (Phi) is 58.1. The number of unbranched alkanes of at least 4 members (excludes halogenated alkanes) is 27. The van der Waals surface area contributed by atoms with Crippen molar-refractivity contribution in [2.75, 3.05) is 26.4 Å². The number of amides is 1. The van der Waals surface area contributed by atoms with Crippen LogP contribution in [0.2, 0.25) is 0 Å². The number of rotatable bonds is 63. The van der Waals surface area contributed by atoms with Crippen molar-refractivity contribution in [1.29, 1.82) is 0 Å². The molecule has 12 N–H and O–H groups in total. The normalized spacial score (nSPS) is 26.6. The van der Waals surface area contributed by atoms with Gasteiger partial charge in [0.1, 0.15) is 73.2 Å². The molecule has 104 heavy (non-hydrogen) atoms. The van der Waals surface area contributed by atoms with Crippen molar-refractivity contribution in [3.8, 4) is 0 Å². The van der Waals surface area contributed by atoms with Crippen molar-refractivity contribution >= 4 is 5.91 Å². The summed E-state index contributed by atoms with van der Waals surface area (Å²) >= 11 is 0. The predicted molar refractivity (Wildman–Crippen MR) is 415 cm³/mol. The fourth-order valence-electron chi connectivity index (χ4n) is 13.0. The lowest BCUT2D eigenvalue weighted by molar-refractivity contribution is -0.379. The quantitative estimate of drug-likeness (QED) is 0.0199. The molecule has 3 heterocycles. The van der Waals surface area contributed by atoms with Crippen LogP contribution in [0.15, 0.2) is 122 Å². The molecule has 3 fully saturated rings. The lowest BCUT2D eigenvalue weighted by Gasteiger charge is -2.48. The highest BCUT2D eigenvalue weighted by Crippen LogP contribution is 2.33. The van der Waals surface area contributed by atoms with Crippen LogP contribution in [0.5, 0.6) is 0 Å². The third-order valence-corrected chi connectivity index (χ3v) is 19.6. The molecule has 19 heteroatoms. The summed E-state index contributed by atoms with van der Waals surface area (Å²) in [5, 5.41) is 121. The Labute approximate surface area is 627 Å². The average Bonchev–Trinajstić information content (AvgIpc) is 0.783. The van der Waals surface area contributed by atoms with Crippen LogP contribution in [0.4, 0.5) is 0 Å². The van der Waals surface area contributed by atoms with Crippen LogP contribution in [0.25, 0.3) is 0 Å². The number of hydrogen-bond donors (Lipinski definition) is 12. The molecule has 3 saturated heterocycles. The minimum atomic E-state index is -1.98. The summed E-state index contributed by atoms with van der Waals surface area (Å²) in [4.78, 5) is 13.5. The molecule has 0 spiro atoms. The Morgan fingerprint density at radius 1 is 0.356 bits per heavy atom. The molecule has 0 aliphatic carbocycles. The second-order valence-corrected chi connectivity index (χ2v) is 28.5. The molecular formula is C85H145NO18. The number of nitrogens with one attached hydrogen (secondary N) is 1. The van der Waals surface area contributed by atoms with Gasteiger partial charge in [0, 0.05) is 6.42 Å². The van der Waals surface area contributed by atoms with Crippen LogP contribution in [0.3, 0.4) is 0 Å². The SMILES string of the molecule is CC/C=C\C/C=C\C/C=C\C/C=C\C/C=C\C/C=C\C/C=C\C/C=C\C/C=C\C/C=C\CCCCCCCCCCC(=O)NC(COC1OC(CO)C(OC2OC(CO)C(OC3OC(CO)C(O)C(O)C3O)C(O)C2O)C(O)C1O)C(O)CCCCCCCCCCCCCCCCCCCCCC. The molecule has 0 radical (unpaired) electrons. The van der Waals surface area contributed by atoms with E-state index in [0.29, 0.717) is 12.8 Å². The zero-order chi connectivity index (χ0) is 75.3. The van der Waals surface area contributed by atoms with Crippen molar-refractivity contribution in [2.45, 2.75) is 381 Å². The smallest absolute Gasteiger partial charge is 0.220 e. The Bertz CT molecular complexity index is 2350. The number of allylic oxidation sites excluding steroid dienone is 20. The molecule has 17 unspecified atom stereocenters. The predicted octanol–water partition coefficient (Wildman–Crippen LogP) is 13.9. The summed E-state index contributed by atoms with van der Waals surface area (Å²) in [5.41, 5.74) is 0. The van der Waals surface area contributed by atoms with Gasteiger partial charge in [-0.05, 0) is 89.9 Å². The summed E-state index contributed by atoms with van der Waals surface area (Å²) in [6.45, 7) is 1.69. The molecule has 3 aliphatic heterocycles. The van der Waals surface area contributed by atoms with E-state index in [1.165, 1.54) is 116 Å². The zero-order valence-electron chi connectivity index (χ0n) is 64.0. The maximum absolute atomic E-state index is 13.5. The first kappa shape index (κ1) is 94.4. The van der Waals surface area contributed by atoms with E-state index in [0.717, 1.165) is 128 Å². The minimum Gasteiger partial charge on any atom is -0.394 e. The summed E-state index contributed by atoms with van der Waals surface area (Å²) in [6, 6.07) is -0.901. The van der Waals surface area contributed by atoms with Gasteiger partial charge in [0.2, 0.25) is 5.91 Å². The molecule has 598 valence electrons. The Morgan fingerprint density at radius 2 is 0.663 bits per heavy atom. The first-order valence-electron chi connectivity index (χ1n) is 40.8.